The van der Waals surface area contributed by atoms with Gasteiger partial charge in [-0.2, -0.15) is 0 Å². The number of rotatable bonds is 1. The van der Waals surface area contributed by atoms with E-state index in [1.54, 1.807) is 0 Å². The number of piperidine rings is 1. The molecule has 3 N–H and O–H groups in total. The molecule has 0 saturated carbocycles. The van der Waals surface area contributed by atoms with Crippen LogP contribution in [0.25, 0.3) is 0 Å². The summed E-state index contributed by atoms with van der Waals surface area (Å²) in [6.45, 7) is 7.12. The summed E-state index contributed by atoms with van der Waals surface area (Å²) in [6, 6.07) is 2.43. The Morgan fingerprint density at radius 1 is 1.33 bits per heavy atom. The van der Waals surface area contributed by atoms with Crippen LogP contribution in [0, 0.1) is 13.8 Å². The number of nitrogens with one attached hydrogen (secondary N) is 1. The Morgan fingerprint density at radius 2 is 2.00 bits per heavy atom. The quantitative estimate of drug-likeness (QED) is 0.582. The van der Waals surface area contributed by atoms with Crippen LogP contribution in [0.3, 0.4) is 0 Å². The first-order valence-corrected chi connectivity index (χ1v) is 6.54. The highest BCUT2D eigenvalue weighted by atomic mass is 15.3. The van der Waals surface area contributed by atoms with E-state index in [-0.39, 0.29) is 0 Å². The van der Waals surface area contributed by atoms with Gasteiger partial charge in [-0.3, -0.25) is 10.3 Å². The maximum Gasteiger partial charge on any atom is 0.351 e. The molecule has 0 aliphatic carbocycles. The van der Waals surface area contributed by atoms with Crippen molar-refractivity contribution in [3.63, 3.8) is 0 Å². The Hall–Kier alpha value is -1.65. The molecule has 0 amide bonds. The lowest BCUT2D eigenvalue weighted by atomic mass is 10.1. The van der Waals surface area contributed by atoms with E-state index in [9.17, 15) is 0 Å². The molecule has 1 aliphatic heterocycles. The van der Waals surface area contributed by atoms with Crippen LogP contribution in [0.4, 0.5) is 5.95 Å². The first-order valence-electron chi connectivity index (χ1n) is 6.54. The summed E-state index contributed by atoms with van der Waals surface area (Å²) in [4.78, 5) is 8.69. The molecule has 5 heteroatoms. The van der Waals surface area contributed by atoms with Gasteiger partial charge in [0.1, 0.15) is 0 Å². The van der Waals surface area contributed by atoms with Crippen LogP contribution in [0.5, 0.6) is 0 Å². The molecule has 18 heavy (non-hydrogen) atoms. The van der Waals surface area contributed by atoms with Gasteiger partial charge in [0, 0.05) is 11.4 Å². The molecule has 98 valence electrons. The van der Waals surface area contributed by atoms with E-state index in [2.05, 4.69) is 26.8 Å². The monoisotopic (exact) mass is 248 g/mol. The van der Waals surface area contributed by atoms with E-state index in [0.717, 1.165) is 17.9 Å². The van der Waals surface area contributed by atoms with E-state index >= 15 is 0 Å². The Bertz CT molecular complexity index is 446. The SMILES string of the molecule is Cc1cc(C)nc(NC(N)=[N+]2CCCCC2C)n1. The number of nitrogens with zero attached hydrogens (tertiary/aromatic N) is 3. The van der Waals surface area contributed by atoms with Gasteiger partial charge < -0.3 is 0 Å². The molecule has 1 unspecified atom stereocenters. The van der Waals surface area contributed by atoms with Crippen molar-refractivity contribution in [2.45, 2.75) is 46.1 Å². The minimum Gasteiger partial charge on any atom is -0.290 e. The van der Waals surface area contributed by atoms with Crippen molar-refractivity contribution in [2.75, 3.05) is 11.9 Å². The van der Waals surface area contributed by atoms with E-state index in [1.807, 2.05) is 19.9 Å². The summed E-state index contributed by atoms with van der Waals surface area (Å²) in [5.74, 6) is 1.25. The Balaban J connectivity index is 2.19. The predicted molar refractivity (Wildman–Crippen MR) is 72.8 cm³/mol. The van der Waals surface area contributed by atoms with Crippen molar-refractivity contribution in [3.8, 4) is 0 Å². The van der Waals surface area contributed by atoms with Gasteiger partial charge in [-0.25, -0.2) is 15.3 Å². The normalized spacial score (nSPS) is 22.7. The second kappa shape index (κ2) is 5.33. The minimum absolute atomic E-state index is 0.483. The van der Waals surface area contributed by atoms with Crippen LogP contribution in [0.15, 0.2) is 6.07 Å². The first-order chi connectivity index (χ1) is 8.56. The first kappa shape index (κ1) is 12.8. The average molecular weight is 248 g/mol. The lowest BCUT2D eigenvalue weighted by Crippen LogP contribution is -2.42. The van der Waals surface area contributed by atoms with Crippen LogP contribution in [0.1, 0.15) is 37.6 Å². The molecule has 0 aromatic carbocycles. The molecule has 1 aromatic heterocycles. The van der Waals surface area contributed by atoms with Gasteiger partial charge >= 0.3 is 5.96 Å². The van der Waals surface area contributed by atoms with Gasteiger partial charge in [-0.15, -0.1) is 0 Å². The van der Waals surface area contributed by atoms with Crippen LogP contribution < -0.4 is 11.1 Å². The second-order valence-corrected chi connectivity index (χ2v) is 5.02. The molecular weight excluding hydrogens is 226 g/mol. The topological polar surface area (TPSA) is 66.8 Å². The van der Waals surface area contributed by atoms with E-state index < -0.39 is 0 Å². The third kappa shape index (κ3) is 2.97. The number of aromatic nitrogens is 2. The fraction of sp³-hybridized carbons (Fsp3) is 0.615. The van der Waals surface area contributed by atoms with Crippen molar-refractivity contribution in [1.82, 2.24) is 9.97 Å². The summed E-state index contributed by atoms with van der Waals surface area (Å²) < 4.78 is 2.20. The zero-order chi connectivity index (χ0) is 13.1. The van der Waals surface area contributed by atoms with Gasteiger partial charge in [0.2, 0.25) is 0 Å². The molecule has 1 saturated heterocycles. The minimum atomic E-state index is 0.483. The average Bonchev–Trinajstić information content (AvgIpc) is 2.27. The lowest BCUT2D eigenvalue weighted by Gasteiger charge is -2.22. The third-order valence-corrected chi connectivity index (χ3v) is 3.33. The van der Waals surface area contributed by atoms with Gasteiger partial charge in [0.15, 0.2) is 0 Å². The van der Waals surface area contributed by atoms with Gasteiger partial charge in [-0.05, 0) is 46.1 Å². The zero-order valence-corrected chi connectivity index (χ0v) is 11.4. The van der Waals surface area contributed by atoms with E-state index in [4.69, 9.17) is 5.73 Å². The van der Waals surface area contributed by atoms with Gasteiger partial charge in [0.05, 0.1) is 12.6 Å². The Morgan fingerprint density at radius 3 is 2.61 bits per heavy atom. The molecule has 0 bridgehead atoms. The standard InChI is InChI=1S/C13H21N5/c1-9-8-10(2)16-13(15-9)17-12(14)18-7-5-4-6-11(18)3/h8,11H,4-7H2,1-3H3,(H2,14,15,16,17)/p+1. The van der Waals surface area contributed by atoms with E-state index in [1.165, 1.54) is 19.3 Å². The fourth-order valence-corrected chi connectivity index (χ4v) is 2.42. The third-order valence-electron chi connectivity index (χ3n) is 3.33. The molecule has 0 radical (unpaired) electrons. The molecule has 1 fully saturated rings. The number of nitrogens with two attached hydrogens (primary N) is 1. The number of aryl methyl sites for hydroxylation is 2. The van der Waals surface area contributed by atoms with Crippen molar-refractivity contribution < 1.29 is 4.58 Å². The largest absolute Gasteiger partial charge is 0.351 e. The Kier molecular flexibility index (Phi) is 3.79. The molecule has 1 aliphatic rings. The summed E-state index contributed by atoms with van der Waals surface area (Å²) >= 11 is 0. The number of guanidine groups is 1. The number of hydrogen-bond acceptors (Lipinski definition) is 2. The second-order valence-electron chi connectivity index (χ2n) is 5.02. The smallest absolute Gasteiger partial charge is 0.290 e. The number of hydrogen-bond donors (Lipinski definition) is 2. The summed E-state index contributed by atoms with van der Waals surface area (Å²) in [5, 5.41) is 3.12. The van der Waals surface area contributed by atoms with Crippen molar-refractivity contribution in [3.05, 3.63) is 17.5 Å². The van der Waals surface area contributed by atoms with Crippen molar-refractivity contribution in [1.29, 1.82) is 0 Å². The molecule has 0 spiro atoms. The van der Waals surface area contributed by atoms with Crippen LogP contribution in [0.2, 0.25) is 0 Å². The van der Waals surface area contributed by atoms with Crippen LogP contribution in [-0.4, -0.2) is 33.1 Å². The molecular formula is C13H22N5+. The maximum atomic E-state index is 6.12. The van der Waals surface area contributed by atoms with Gasteiger partial charge in [0.25, 0.3) is 5.95 Å². The van der Waals surface area contributed by atoms with Crippen molar-refractivity contribution >= 4 is 11.9 Å². The molecule has 1 atom stereocenters. The summed E-state index contributed by atoms with van der Waals surface area (Å²) in [5.41, 5.74) is 8.02. The van der Waals surface area contributed by atoms with Crippen LogP contribution >= 0.6 is 0 Å². The molecule has 2 heterocycles. The Labute approximate surface area is 108 Å². The predicted octanol–water partition coefficient (Wildman–Crippen LogP) is 1.40. The zero-order valence-electron chi connectivity index (χ0n) is 11.4. The molecule has 5 nitrogen and oxygen atoms in total. The number of anilines is 1. The molecule has 1 aromatic rings. The van der Waals surface area contributed by atoms with Gasteiger partial charge in [-0.1, -0.05) is 0 Å². The highest BCUT2D eigenvalue weighted by Crippen LogP contribution is 2.12. The highest BCUT2D eigenvalue weighted by Gasteiger charge is 2.20. The highest BCUT2D eigenvalue weighted by molar-refractivity contribution is 5.86. The van der Waals surface area contributed by atoms with Crippen LogP contribution in [-0.2, 0) is 0 Å². The lowest BCUT2D eigenvalue weighted by molar-refractivity contribution is -0.573. The summed E-state index contributed by atoms with van der Waals surface area (Å²) in [7, 11) is 0. The van der Waals surface area contributed by atoms with E-state index in [0.29, 0.717) is 17.9 Å². The fourth-order valence-electron chi connectivity index (χ4n) is 2.42. The molecule has 2 rings (SSSR count). The maximum absolute atomic E-state index is 6.12. The summed E-state index contributed by atoms with van der Waals surface area (Å²) in [6.07, 6.45) is 3.67. The van der Waals surface area contributed by atoms with Crippen molar-refractivity contribution in [2.24, 2.45) is 5.73 Å².